The number of unbranched alkanes of at least 4 members (excludes halogenated alkanes) is 1. The molecule has 0 radical (unpaired) electrons. The van der Waals surface area contributed by atoms with E-state index in [2.05, 4.69) is 17.0 Å². The Morgan fingerprint density at radius 1 is 1.00 bits per heavy atom. The lowest BCUT2D eigenvalue weighted by Crippen LogP contribution is -2.36. The van der Waals surface area contributed by atoms with E-state index < -0.39 is 10.0 Å². The molecular formula is C19H26N2O2S. The van der Waals surface area contributed by atoms with E-state index in [0.717, 1.165) is 30.5 Å². The van der Waals surface area contributed by atoms with E-state index in [0.29, 0.717) is 11.4 Å². The molecule has 2 aromatic rings. The third-order valence-electron chi connectivity index (χ3n) is 3.89. The maximum atomic E-state index is 12.7. The Bertz CT molecular complexity index is 713. The lowest BCUT2D eigenvalue weighted by Gasteiger charge is -2.20. The van der Waals surface area contributed by atoms with Crippen molar-refractivity contribution in [1.82, 2.24) is 10.0 Å². The first kappa shape index (κ1) is 18.6. The fourth-order valence-corrected chi connectivity index (χ4v) is 3.66. The molecule has 5 heteroatoms. The van der Waals surface area contributed by atoms with Gasteiger partial charge in [-0.1, -0.05) is 61.4 Å². The van der Waals surface area contributed by atoms with Crippen molar-refractivity contribution >= 4 is 10.0 Å². The molecule has 1 unspecified atom stereocenters. The molecule has 0 bridgehead atoms. The molecule has 0 fully saturated rings. The highest BCUT2D eigenvalue weighted by Gasteiger charge is 2.21. The van der Waals surface area contributed by atoms with Gasteiger partial charge in [0, 0.05) is 6.54 Å². The molecule has 0 aliphatic carbocycles. The summed E-state index contributed by atoms with van der Waals surface area (Å²) in [7, 11) is -3.56. The van der Waals surface area contributed by atoms with Crippen LogP contribution < -0.4 is 10.0 Å². The Morgan fingerprint density at radius 2 is 1.67 bits per heavy atom. The number of hydrogen-bond acceptors (Lipinski definition) is 3. The summed E-state index contributed by atoms with van der Waals surface area (Å²) in [4.78, 5) is 0.294. The number of sulfonamides is 1. The average molecular weight is 346 g/mol. The fourth-order valence-electron chi connectivity index (χ4n) is 2.43. The van der Waals surface area contributed by atoms with E-state index >= 15 is 0 Å². The predicted molar refractivity (Wildman–Crippen MR) is 98.5 cm³/mol. The molecule has 0 saturated heterocycles. The maximum absolute atomic E-state index is 12.7. The SMILES string of the molecule is CCCCNCC(NS(=O)(=O)c1ccc(C)cc1)c1ccccc1. The lowest BCUT2D eigenvalue weighted by molar-refractivity contribution is 0.523. The largest absolute Gasteiger partial charge is 0.315 e. The third-order valence-corrected chi connectivity index (χ3v) is 5.37. The molecule has 24 heavy (non-hydrogen) atoms. The normalized spacial score (nSPS) is 12.9. The van der Waals surface area contributed by atoms with E-state index in [4.69, 9.17) is 0 Å². The summed E-state index contributed by atoms with van der Waals surface area (Å²) in [5, 5.41) is 3.34. The minimum absolute atomic E-state index is 0.294. The van der Waals surface area contributed by atoms with Gasteiger partial charge in [-0.05, 0) is 37.6 Å². The first-order valence-electron chi connectivity index (χ1n) is 8.37. The summed E-state index contributed by atoms with van der Waals surface area (Å²) in [6, 6.07) is 16.3. The molecule has 0 aliphatic heterocycles. The first-order chi connectivity index (χ1) is 11.5. The fraction of sp³-hybridized carbons (Fsp3) is 0.368. The third kappa shape index (κ3) is 5.44. The zero-order chi connectivity index (χ0) is 17.4. The minimum Gasteiger partial charge on any atom is -0.315 e. The molecule has 2 N–H and O–H groups in total. The molecule has 0 saturated carbocycles. The first-order valence-corrected chi connectivity index (χ1v) is 9.86. The molecule has 0 amide bonds. The van der Waals surface area contributed by atoms with Gasteiger partial charge in [0.1, 0.15) is 0 Å². The van der Waals surface area contributed by atoms with Gasteiger partial charge in [-0.15, -0.1) is 0 Å². The van der Waals surface area contributed by atoms with Crippen molar-refractivity contribution in [3.8, 4) is 0 Å². The standard InChI is InChI=1S/C19H26N2O2S/c1-3-4-14-20-15-19(17-8-6-5-7-9-17)21-24(22,23)18-12-10-16(2)11-13-18/h5-13,19-21H,3-4,14-15H2,1-2H3. The van der Waals surface area contributed by atoms with Crippen LogP contribution >= 0.6 is 0 Å². The summed E-state index contributed by atoms with van der Waals surface area (Å²) < 4.78 is 28.2. The van der Waals surface area contributed by atoms with E-state index in [1.54, 1.807) is 12.1 Å². The Balaban J connectivity index is 2.15. The molecule has 0 aliphatic rings. The number of benzene rings is 2. The molecule has 4 nitrogen and oxygen atoms in total. The molecular weight excluding hydrogens is 320 g/mol. The minimum atomic E-state index is -3.56. The van der Waals surface area contributed by atoms with Gasteiger partial charge in [0.05, 0.1) is 10.9 Å². The topological polar surface area (TPSA) is 58.2 Å². The average Bonchev–Trinajstić information content (AvgIpc) is 2.59. The van der Waals surface area contributed by atoms with Crippen LogP contribution in [0.4, 0.5) is 0 Å². The van der Waals surface area contributed by atoms with Crippen LogP contribution in [0.3, 0.4) is 0 Å². The van der Waals surface area contributed by atoms with Crippen LogP contribution in [0.5, 0.6) is 0 Å². The Labute approximate surface area is 145 Å². The van der Waals surface area contributed by atoms with E-state index in [9.17, 15) is 8.42 Å². The molecule has 1 atom stereocenters. The van der Waals surface area contributed by atoms with E-state index in [1.807, 2.05) is 49.4 Å². The van der Waals surface area contributed by atoms with Crippen molar-refractivity contribution in [3.05, 3.63) is 65.7 Å². The van der Waals surface area contributed by atoms with Gasteiger partial charge < -0.3 is 5.32 Å². The molecule has 0 spiro atoms. The maximum Gasteiger partial charge on any atom is 0.241 e. The summed E-state index contributed by atoms with van der Waals surface area (Å²) in [5.74, 6) is 0. The van der Waals surface area contributed by atoms with Gasteiger partial charge in [0.25, 0.3) is 0 Å². The Kier molecular flexibility index (Phi) is 6.97. The van der Waals surface area contributed by atoms with Crippen LogP contribution in [0.15, 0.2) is 59.5 Å². The van der Waals surface area contributed by atoms with Crippen molar-refractivity contribution in [2.75, 3.05) is 13.1 Å². The number of aryl methyl sites for hydroxylation is 1. The predicted octanol–water partition coefficient (Wildman–Crippen LogP) is 3.40. The van der Waals surface area contributed by atoms with Crippen molar-refractivity contribution in [1.29, 1.82) is 0 Å². The van der Waals surface area contributed by atoms with E-state index in [1.165, 1.54) is 0 Å². The molecule has 0 heterocycles. The lowest BCUT2D eigenvalue weighted by atomic mass is 10.1. The van der Waals surface area contributed by atoms with Crippen LogP contribution in [0, 0.1) is 6.92 Å². The second-order valence-electron chi connectivity index (χ2n) is 5.96. The van der Waals surface area contributed by atoms with Crippen molar-refractivity contribution in [3.63, 3.8) is 0 Å². The summed E-state index contributed by atoms with van der Waals surface area (Å²) in [6.45, 7) is 5.52. The summed E-state index contributed by atoms with van der Waals surface area (Å²) >= 11 is 0. The summed E-state index contributed by atoms with van der Waals surface area (Å²) in [6.07, 6.45) is 2.18. The zero-order valence-electron chi connectivity index (χ0n) is 14.3. The quantitative estimate of drug-likeness (QED) is 0.684. The van der Waals surface area contributed by atoms with Crippen molar-refractivity contribution in [2.24, 2.45) is 0 Å². The van der Waals surface area contributed by atoms with Crippen LogP contribution in [-0.2, 0) is 10.0 Å². The Morgan fingerprint density at radius 3 is 2.29 bits per heavy atom. The highest BCUT2D eigenvalue weighted by atomic mass is 32.2. The van der Waals surface area contributed by atoms with E-state index in [-0.39, 0.29) is 6.04 Å². The Hall–Kier alpha value is -1.69. The van der Waals surface area contributed by atoms with Gasteiger partial charge in [0.2, 0.25) is 10.0 Å². The van der Waals surface area contributed by atoms with Gasteiger partial charge in [-0.3, -0.25) is 0 Å². The highest BCUT2D eigenvalue weighted by Crippen LogP contribution is 2.17. The summed E-state index contributed by atoms with van der Waals surface area (Å²) in [5.41, 5.74) is 1.99. The van der Waals surface area contributed by atoms with Crippen LogP contribution in [0.1, 0.15) is 36.9 Å². The van der Waals surface area contributed by atoms with Crippen molar-refractivity contribution < 1.29 is 8.42 Å². The van der Waals surface area contributed by atoms with Gasteiger partial charge >= 0.3 is 0 Å². The molecule has 2 aromatic carbocycles. The molecule has 0 aromatic heterocycles. The monoisotopic (exact) mass is 346 g/mol. The van der Waals surface area contributed by atoms with Crippen LogP contribution in [0.2, 0.25) is 0 Å². The molecule has 2 rings (SSSR count). The van der Waals surface area contributed by atoms with Gasteiger partial charge in [0.15, 0.2) is 0 Å². The van der Waals surface area contributed by atoms with Crippen molar-refractivity contribution in [2.45, 2.75) is 37.6 Å². The number of rotatable bonds is 9. The van der Waals surface area contributed by atoms with Gasteiger partial charge in [-0.2, -0.15) is 0 Å². The van der Waals surface area contributed by atoms with Gasteiger partial charge in [-0.25, -0.2) is 13.1 Å². The zero-order valence-corrected chi connectivity index (χ0v) is 15.1. The second kappa shape index (κ2) is 8.97. The second-order valence-corrected chi connectivity index (χ2v) is 7.67. The van der Waals surface area contributed by atoms with Crippen LogP contribution in [-0.4, -0.2) is 21.5 Å². The number of hydrogen-bond donors (Lipinski definition) is 2. The molecule has 130 valence electrons. The smallest absolute Gasteiger partial charge is 0.241 e. The number of nitrogens with one attached hydrogen (secondary N) is 2. The van der Waals surface area contributed by atoms with Crippen LogP contribution in [0.25, 0.3) is 0 Å². The highest BCUT2D eigenvalue weighted by molar-refractivity contribution is 7.89.